The van der Waals surface area contributed by atoms with E-state index in [-0.39, 0.29) is 5.69 Å². The van der Waals surface area contributed by atoms with Gasteiger partial charge in [-0.1, -0.05) is 0 Å². The summed E-state index contributed by atoms with van der Waals surface area (Å²) >= 11 is 0. The Morgan fingerprint density at radius 2 is 2.07 bits per heavy atom. The molecule has 0 aliphatic rings. The number of aromatic nitrogens is 1. The fourth-order valence-corrected chi connectivity index (χ4v) is 1.01. The lowest BCUT2D eigenvalue weighted by Crippen LogP contribution is -2.12. The highest BCUT2D eigenvalue weighted by molar-refractivity contribution is 5.69. The van der Waals surface area contributed by atoms with Gasteiger partial charge in [-0.25, -0.2) is 4.98 Å². The summed E-state index contributed by atoms with van der Waals surface area (Å²) in [5.74, 6) is -1.89. The summed E-state index contributed by atoms with van der Waals surface area (Å²) < 4.78 is 36.6. The SMILES string of the molecule is Nc1nc(CC(=O)O)ccc1C(F)(F)F. The number of alkyl halides is 3. The average Bonchev–Trinajstić information content (AvgIpc) is 1.99. The molecule has 0 bridgehead atoms. The summed E-state index contributed by atoms with van der Waals surface area (Å²) in [6, 6.07) is 1.72. The third-order valence-electron chi connectivity index (χ3n) is 1.62. The first-order valence-corrected chi connectivity index (χ1v) is 3.85. The van der Waals surface area contributed by atoms with Crippen LogP contribution in [0.15, 0.2) is 12.1 Å². The molecule has 0 saturated carbocycles. The van der Waals surface area contributed by atoms with Gasteiger partial charge in [0.25, 0.3) is 0 Å². The Balaban J connectivity index is 3.04. The lowest BCUT2D eigenvalue weighted by molar-refractivity contribution is -0.137. The molecular formula is C8H7F3N2O2. The predicted molar refractivity (Wildman–Crippen MR) is 45.0 cm³/mol. The number of carbonyl (C=O) groups is 1. The van der Waals surface area contributed by atoms with Crippen molar-refractivity contribution in [2.45, 2.75) is 12.6 Å². The van der Waals surface area contributed by atoms with E-state index < -0.39 is 29.9 Å². The van der Waals surface area contributed by atoms with Crippen LogP contribution in [-0.4, -0.2) is 16.1 Å². The first-order chi connectivity index (χ1) is 6.80. The van der Waals surface area contributed by atoms with Gasteiger partial charge in [-0.15, -0.1) is 0 Å². The molecule has 0 amide bonds. The third kappa shape index (κ3) is 2.83. The summed E-state index contributed by atoms with van der Waals surface area (Å²) in [7, 11) is 0. The molecule has 82 valence electrons. The number of pyridine rings is 1. The van der Waals surface area contributed by atoms with Gasteiger partial charge in [0.15, 0.2) is 0 Å². The Bertz CT molecular complexity index is 390. The van der Waals surface area contributed by atoms with Crippen LogP contribution in [0.2, 0.25) is 0 Å². The van der Waals surface area contributed by atoms with Gasteiger partial charge in [-0.2, -0.15) is 13.2 Å². The van der Waals surface area contributed by atoms with Crippen molar-refractivity contribution >= 4 is 11.8 Å². The molecule has 1 aromatic heterocycles. The van der Waals surface area contributed by atoms with Crippen molar-refractivity contribution in [3.05, 3.63) is 23.4 Å². The van der Waals surface area contributed by atoms with Crippen LogP contribution in [0, 0.1) is 0 Å². The van der Waals surface area contributed by atoms with Crippen molar-refractivity contribution in [3.8, 4) is 0 Å². The van der Waals surface area contributed by atoms with Crippen molar-refractivity contribution in [2.24, 2.45) is 0 Å². The van der Waals surface area contributed by atoms with Crippen LogP contribution >= 0.6 is 0 Å². The van der Waals surface area contributed by atoms with Crippen LogP contribution in [0.25, 0.3) is 0 Å². The standard InChI is InChI=1S/C8H7F3N2O2/c9-8(10,11)5-2-1-4(3-6(14)15)13-7(5)12/h1-2H,3H2,(H2,12,13)(H,14,15). The van der Waals surface area contributed by atoms with E-state index in [1.807, 2.05) is 0 Å². The lowest BCUT2D eigenvalue weighted by atomic mass is 10.2. The second kappa shape index (κ2) is 3.76. The van der Waals surface area contributed by atoms with Gasteiger partial charge in [0, 0.05) is 0 Å². The molecule has 3 N–H and O–H groups in total. The second-order valence-corrected chi connectivity index (χ2v) is 2.80. The van der Waals surface area contributed by atoms with Crippen molar-refractivity contribution in [1.29, 1.82) is 0 Å². The van der Waals surface area contributed by atoms with E-state index in [0.717, 1.165) is 12.1 Å². The largest absolute Gasteiger partial charge is 0.481 e. The van der Waals surface area contributed by atoms with Gasteiger partial charge in [0.2, 0.25) is 0 Å². The number of hydrogen-bond acceptors (Lipinski definition) is 3. The van der Waals surface area contributed by atoms with E-state index in [4.69, 9.17) is 10.8 Å². The number of aliphatic carboxylic acids is 1. The minimum Gasteiger partial charge on any atom is -0.481 e. The molecule has 7 heteroatoms. The summed E-state index contributed by atoms with van der Waals surface area (Å²) in [5.41, 5.74) is 3.99. The highest BCUT2D eigenvalue weighted by atomic mass is 19.4. The number of carboxylic acids is 1. The molecular weight excluding hydrogens is 213 g/mol. The first-order valence-electron chi connectivity index (χ1n) is 3.85. The topological polar surface area (TPSA) is 76.2 Å². The van der Waals surface area contributed by atoms with Crippen molar-refractivity contribution in [2.75, 3.05) is 5.73 Å². The minimum absolute atomic E-state index is 0.00648. The Labute approximate surface area is 82.5 Å². The van der Waals surface area contributed by atoms with E-state index in [1.165, 1.54) is 0 Å². The number of halogens is 3. The maximum absolute atomic E-state index is 12.2. The molecule has 1 rings (SSSR count). The van der Waals surface area contributed by atoms with Crippen LogP contribution in [-0.2, 0) is 17.4 Å². The molecule has 1 heterocycles. The van der Waals surface area contributed by atoms with Crippen LogP contribution < -0.4 is 5.73 Å². The fourth-order valence-electron chi connectivity index (χ4n) is 1.01. The number of nitrogens with two attached hydrogens (primary N) is 1. The molecule has 0 aromatic carbocycles. The number of nitrogen functional groups attached to an aromatic ring is 1. The molecule has 4 nitrogen and oxygen atoms in total. The van der Waals surface area contributed by atoms with Gasteiger partial charge >= 0.3 is 12.1 Å². The second-order valence-electron chi connectivity index (χ2n) is 2.80. The van der Waals surface area contributed by atoms with E-state index in [2.05, 4.69) is 4.98 Å². The van der Waals surface area contributed by atoms with Crippen molar-refractivity contribution in [3.63, 3.8) is 0 Å². The Kier molecular flexibility index (Phi) is 2.83. The maximum Gasteiger partial charge on any atom is 0.419 e. The van der Waals surface area contributed by atoms with Crippen molar-refractivity contribution in [1.82, 2.24) is 4.98 Å². The molecule has 0 aliphatic heterocycles. The smallest absolute Gasteiger partial charge is 0.419 e. The number of nitrogens with zero attached hydrogens (tertiary/aromatic N) is 1. The van der Waals surface area contributed by atoms with Gasteiger partial charge in [0.1, 0.15) is 5.82 Å². The number of rotatable bonds is 2. The van der Waals surface area contributed by atoms with Crippen molar-refractivity contribution < 1.29 is 23.1 Å². The van der Waals surface area contributed by atoms with Gasteiger partial charge in [0.05, 0.1) is 17.7 Å². The molecule has 0 atom stereocenters. The Morgan fingerprint density at radius 1 is 1.47 bits per heavy atom. The monoisotopic (exact) mass is 220 g/mol. The summed E-state index contributed by atoms with van der Waals surface area (Å²) in [5, 5.41) is 8.38. The average molecular weight is 220 g/mol. The zero-order chi connectivity index (χ0) is 11.6. The molecule has 0 aliphatic carbocycles. The molecule has 1 aromatic rings. The van der Waals surface area contributed by atoms with Crippen LogP contribution in [0.3, 0.4) is 0 Å². The highest BCUT2D eigenvalue weighted by Gasteiger charge is 2.33. The zero-order valence-electron chi connectivity index (χ0n) is 7.38. The minimum atomic E-state index is -4.57. The van der Waals surface area contributed by atoms with E-state index in [9.17, 15) is 18.0 Å². The molecule has 0 unspecified atom stereocenters. The lowest BCUT2D eigenvalue weighted by Gasteiger charge is -2.09. The molecule has 0 spiro atoms. The number of anilines is 1. The van der Waals surface area contributed by atoms with E-state index in [1.54, 1.807) is 0 Å². The normalized spacial score (nSPS) is 11.4. The molecule has 0 radical (unpaired) electrons. The number of hydrogen-bond donors (Lipinski definition) is 2. The Hall–Kier alpha value is -1.79. The summed E-state index contributed by atoms with van der Waals surface area (Å²) in [4.78, 5) is 13.6. The van der Waals surface area contributed by atoms with Gasteiger partial charge in [-0.05, 0) is 12.1 Å². The molecule has 15 heavy (non-hydrogen) atoms. The molecule has 0 saturated heterocycles. The Morgan fingerprint density at radius 3 is 2.47 bits per heavy atom. The van der Waals surface area contributed by atoms with Crippen LogP contribution in [0.4, 0.5) is 19.0 Å². The first kappa shape index (κ1) is 11.3. The van der Waals surface area contributed by atoms with Gasteiger partial charge < -0.3 is 10.8 Å². The van der Waals surface area contributed by atoms with E-state index in [0.29, 0.717) is 0 Å². The zero-order valence-corrected chi connectivity index (χ0v) is 7.38. The van der Waals surface area contributed by atoms with Gasteiger partial charge in [-0.3, -0.25) is 4.79 Å². The summed E-state index contributed by atoms with van der Waals surface area (Å²) in [6.45, 7) is 0. The number of carboxylic acid groups (broad SMARTS) is 1. The van der Waals surface area contributed by atoms with Crippen LogP contribution in [0.5, 0.6) is 0 Å². The molecule has 0 fully saturated rings. The predicted octanol–water partition coefficient (Wildman–Crippen LogP) is 1.31. The van der Waals surface area contributed by atoms with E-state index >= 15 is 0 Å². The summed E-state index contributed by atoms with van der Waals surface area (Å²) in [6.07, 6.45) is -5.03. The third-order valence-corrected chi connectivity index (χ3v) is 1.62. The maximum atomic E-state index is 12.2. The van der Waals surface area contributed by atoms with Crippen LogP contribution in [0.1, 0.15) is 11.3 Å². The highest BCUT2D eigenvalue weighted by Crippen LogP contribution is 2.32. The fraction of sp³-hybridized carbons (Fsp3) is 0.250. The quantitative estimate of drug-likeness (QED) is 0.787.